The first-order chi connectivity index (χ1) is 12.1. The number of rotatable bonds is 5. The molecule has 0 spiro atoms. The van der Waals surface area contributed by atoms with Gasteiger partial charge in [0.15, 0.2) is 0 Å². The van der Waals surface area contributed by atoms with Gasteiger partial charge in [-0.2, -0.15) is 0 Å². The Morgan fingerprint density at radius 3 is 2.24 bits per heavy atom. The zero-order valence-corrected chi connectivity index (χ0v) is 14.7. The molecular formula is C20H15Cl2NO2. The lowest BCUT2D eigenvalue weighted by molar-refractivity contribution is 0.102. The fourth-order valence-electron chi connectivity index (χ4n) is 2.22. The van der Waals surface area contributed by atoms with Crippen molar-refractivity contribution < 1.29 is 9.53 Å². The van der Waals surface area contributed by atoms with E-state index in [0.29, 0.717) is 33.7 Å². The molecule has 0 heterocycles. The van der Waals surface area contributed by atoms with Crippen molar-refractivity contribution in [1.29, 1.82) is 0 Å². The quantitative estimate of drug-likeness (QED) is 0.612. The second-order valence-corrected chi connectivity index (χ2v) is 6.21. The Labute approximate surface area is 156 Å². The normalized spacial score (nSPS) is 10.3. The van der Waals surface area contributed by atoms with Crippen LogP contribution in [0.1, 0.15) is 15.9 Å². The van der Waals surface area contributed by atoms with Gasteiger partial charge in [-0.25, -0.2) is 0 Å². The van der Waals surface area contributed by atoms with Crippen molar-refractivity contribution in [3.05, 3.63) is 94.0 Å². The molecule has 3 aromatic rings. The lowest BCUT2D eigenvalue weighted by Gasteiger charge is -2.09. The summed E-state index contributed by atoms with van der Waals surface area (Å²) >= 11 is 11.9. The van der Waals surface area contributed by atoms with Crippen LogP contribution in [-0.4, -0.2) is 5.91 Å². The van der Waals surface area contributed by atoms with Crippen molar-refractivity contribution in [3.63, 3.8) is 0 Å². The van der Waals surface area contributed by atoms with Crippen molar-refractivity contribution in [3.8, 4) is 5.75 Å². The molecule has 0 saturated heterocycles. The van der Waals surface area contributed by atoms with Crippen LogP contribution in [0.5, 0.6) is 5.75 Å². The summed E-state index contributed by atoms with van der Waals surface area (Å²) in [6.07, 6.45) is 0. The molecular weight excluding hydrogens is 357 g/mol. The van der Waals surface area contributed by atoms with E-state index in [1.54, 1.807) is 48.5 Å². The van der Waals surface area contributed by atoms with Crippen molar-refractivity contribution >= 4 is 34.8 Å². The van der Waals surface area contributed by atoms with Crippen LogP contribution in [0.25, 0.3) is 0 Å². The number of halogens is 2. The summed E-state index contributed by atoms with van der Waals surface area (Å²) in [5.74, 6) is 0.475. The Bertz CT molecular complexity index is 862. The van der Waals surface area contributed by atoms with E-state index in [2.05, 4.69) is 5.32 Å². The molecule has 0 saturated carbocycles. The molecule has 0 fully saturated rings. The summed E-state index contributed by atoms with van der Waals surface area (Å²) in [4.78, 5) is 12.2. The summed E-state index contributed by atoms with van der Waals surface area (Å²) in [5.41, 5.74) is 2.14. The van der Waals surface area contributed by atoms with Crippen LogP contribution in [0.4, 0.5) is 5.69 Å². The molecule has 1 amide bonds. The van der Waals surface area contributed by atoms with Crippen molar-refractivity contribution in [2.45, 2.75) is 6.61 Å². The van der Waals surface area contributed by atoms with Gasteiger partial charge in [0.05, 0.1) is 0 Å². The van der Waals surface area contributed by atoms with Crippen molar-refractivity contribution in [2.75, 3.05) is 5.32 Å². The fraction of sp³-hybridized carbons (Fsp3) is 0.0500. The first-order valence-electron chi connectivity index (χ1n) is 7.65. The average molecular weight is 372 g/mol. The number of benzene rings is 3. The number of hydrogen-bond acceptors (Lipinski definition) is 2. The van der Waals surface area contributed by atoms with Gasteiger partial charge in [0.2, 0.25) is 0 Å². The maximum absolute atomic E-state index is 12.2. The molecule has 3 rings (SSSR count). The highest BCUT2D eigenvalue weighted by atomic mass is 35.5. The van der Waals surface area contributed by atoms with E-state index in [1.165, 1.54) is 0 Å². The number of nitrogens with one attached hydrogen (secondary N) is 1. The first-order valence-corrected chi connectivity index (χ1v) is 8.40. The Balaban J connectivity index is 1.60. The molecule has 0 unspecified atom stereocenters. The zero-order valence-electron chi connectivity index (χ0n) is 13.2. The molecule has 25 heavy (non-hydrogen) atoms. The van der Waals surface area contributed by atoms with Gasteiger partial charge < -0.3 is 10.1 Å². The number of carbonyl (C=O) groups is 1. The van der Waals surface area contributed by atoms with Crippen LogP contribution < -0.4 is 10.1 Å². The van der Waals surface area contributed by atoms with Crippen LogP contribution in [0.2, 0.25) is 10.0 Å². The number of amides is 1. The smallest absolute Gasteiger partial charge is 0.255 e. The van der Waals surface area contributed by atoms with Gasteiger partial charge in [-0.15, -0.1) is 0 Å². The maximum Gasteiger partial charge on any atom is 0.255 e. The predicted octanol–water partition coefficient (Wildman–Crippen LogP) is 5.82. The molecule has 0 bridgehead atoms. The van der Waals surface area contributed by atoms with E-state index in [0.717, 1.165) is 5.56 Å². The highest BCUT2D eigenvalue weighted by molar-refractivity contribution is 6.31. The van der Waals surface area contributed by atoms with Gasteiger partial charge in [0.25, 0.3) is 5.91 Å². The molecule has 1 N–H and O–H groups in total. The standard InChI is InChI=1S/C20H15Cl2NO2/c21-16-7-9-17(10-8-16)23-20(24)14-5-11-18(12-6-14)25-13-15-3-1-2-4-19(15)22/h1-12H,13H2,(H,23,24). The molecule has 0 aliphatic heterocycles. The summed E-state index contributed by atoms with van der Waals surface area (Å²) < 4.78 is 5.71. The zero-order chi connectivity index (χ0) is 17.6. The van der Waals surface area contributed by atoms with Gasteiger partial charge in [0, 0.05) is 26.9 Å². The second-order valence-electron chi connectivity index (χ2n) is 5.37. The predicted molar refractivity (Wildman–Crippen MR) is 102 cm³/mol. The van der Waals surface area contributed by atoms with Gasteiger partial charge in [-0.3, -0.25) is 4.79 Å². The lowest BCUT2D eigenvalue weighted by Crippen LogP contribution is -2.11. The second kappa shape index (κ2) is 8.06. The van der Waals surface area contributed by atoms with Gasteiger partial charge in [-0.05, 0) is 54.6 Å². The fourth-order valence-corrected chi connectivity index (χ4v) is 2.53. The minimum Gasteiger partial charge on any atom is -0.489 e. The van der Waals surface area contributed by atoms with Gasteiger partial charge in [0.1, 0.15) is 12.4 Å². The highest BCUT2D eigenvalue weighted by Gasteiger charge is 2.07. The summed E-state index contributed by atoms with van der Waals surface area (Å²) in [6, 6.07) is 21.4. The number of ether oxygens (including phenoxy) is 1. The summed E-state index contributed by atoms with van der Waals surface area (Å²) in [7, 11) is 0. The lowest BCUT2D eigenvalue weighted by atomic mass is 10.2. The molecule has 3 nitrogen and oxygen atoms in total. The van der Waals surface area contributed by atoms with E-state index in [4.69, 9.17) is 27.9 Å². The van der Waals surface area contributed by atoms with Crippen molar-refractivity contribution in [2.24, 2.45) is 0 Å². The largest absolute Gasteiger partial charge is 0.489 e. The molecule has 0 aliphatic rings. The van der Waals surface area contributed by atoms with Crippen LogP contribution >= 0.6 is 23.2 Å². The molecule has 3 aromatic carbocycles. The minimum atomic E-state index is -0.194. The molecule has 0 aliphatic carbocycles. The topological polar surface area (TPSA) is 38.3 Å². The first kappa shape index (κ1) is 17.3. The van der Waals surface area contributed by atoms with E-state index in [1.807, 2.05) is 24.3 Å². The van der Waals surface area contributed by atoms with Gasteiger partial charge in [-0.1, -0.05) is 41.4 Å². The van der Waals surface area contributed by atoms with Crippen LogP contribution in [0, 0.1) is 0 Å². The van der Waals surface area contributed by atoms with E-state index < -0.39 is 0 Å². The van der Waals surface area contributed by atoms with Gasteiger partial charge >= 0.3 is 0 Å². The Kier molecular flexibility index (Phi) is 5.59. The minimum absolute atomic E-state index is 0.194. The Hall–Kier alpha value is -2.49. The average Bonchev–Trinajstić information content (AvgIpc) is 2.63. The number of carbonyl (C=O) groups excluding carboxylic acids is 1. The van der Waals surface area contributed by atoms with Crippen LogP contribution in [0.15, 0.2) is 72.8 Å². The highest BCUT2D eigenvalue weighted by Crippen LogP contribution is 2.20. The molecule has 0 radical (unpaired) electrons. The molecule has 126 valence electrons. The number of hydrogen-bond donors (Lipinski definition) is 1. The summed E-state index contributed by atoms with van der Waals surface area (Å²) in [6.45, 7) is 0.371. The SMILES string of the molecule is O=C(Nc1ccc(Cl)cc1)c1ccc(OCc2ccccc2Cl)cc1. The van der Waals surface area contributed by atoms with Crippen molar-refractivity contribution in [1.82, 2.24) is 0 Å². The summed E-state index contributed by atoms with van der Waals surface area (Å²) in [5, 5.41) is 4.11. The van der Waals surface area contributed by atoms with Crippen LogP contribution in [0.3, 0.4) is 0 Å². The Morgan fingerprint density at radius 1 is 0.880 bits per heavy atom. The van der Waals surface area contributed by atoms with E-state index in [-0.39, 0.29) is 5.91 Å². The molecule has 5 heteroatoms. The van der Waals surface area contributed by atoms with Crippen LogP contribution in [-0.2, 0) is 6.61 Å². The monoisotopic (exact) mass is 371 g/mol. The molecule has 0 aromatic heterocycles. The molecule has 0 atom stereocenters. The third-order valence-corrected chi connectivity index (χ3v) is 4.19. The van der Waals surface area contributed by atoms with E-state index in [9.17, 15) is 4.79 Å². The number of anilines is 1. The third-order valence-electron chi connectivity index (χ3n) is 3.57. The third kappa shape index (κ3) is 4.75. The maximum atomic E-state index is 12.2. The Morgan fingerprint density at radius 2 is 1.56 bits per heavy atom. The van der Waals surface area contributed by atoms with E-state index >= 15 is 0 Å².